The molecule has 240 valence electrons. The Balaban J connectivity index is 1.61. The van der Waals surface area contributed by atoms with Crippen LogP contribution in [0.5, 0.6) is 28.7 Å². The lowest BCUT2D eigenvalue weighted by atomic mass is 9.97. The van der Waals surface area contributed by atoms with Gasteiger partial charge in [-0.1, -0.05) is 0 Å². The molecule has 2 fully saturated rings. The lowest BCUT2D eigenvalue weighted by Crippen LogP contribution is -2.65. The first-order chi connectivity index (χ1) is 20.9. The molecule has 0 unspecified atom stereocenters. The van der Waals surface area contributed by atoms with Crippen LogP contribution in [-0.4, -0.2) is 131 Å². The molecule has 0 amide bonds. The molecule has 0 bridgehead atoms. The third-order valence-electron chi connectivity index (χ3n) is 7.35. The molecule has 17 heteroatoms. The van der Waals surface area contributed by atoms with Crippen LogP contribution in [0.1, 0.15) is 0 Å². The zero-order valence-electron chi connectivity index (χ0n) is 22.4. The van der Waals surface area contributed by atoms with Crippen molar-refractivity contribution in [2.45, 2.75) is 61.4 Å². The monoisotopic (exact) mass is 626 g/mol. The molecular formula is C27H30O17. The van der Waals surface area contributed by atoms with Crippen molar-refractivity contribution in [3.63, 3.8) is 0 Å². The molecule has 2 aliphatic rings. The number of benzene rings is 2. The summed E-state index contributed by atoms with van der Waals surface area (Å²) >= 11 is 0. The summed E-state index contributed by atoms with van der Waals surface area (Å²) in [7, 11) is 0. The van der Waals surface area contributed by atoms with Crippen molar-refractivity contribution in [1.82, 2.24) is 0 Å². The lowest BCUT2D eigenvalue weighted by molar-refractivity contribution is -0.358. The molecule has 2 aromatic carbocycles. The van der Waals surface area contributed by atoms with E-state index in [1.807, 2.05) is 0 Å². The highest BCUT2D eigenvalue weighted by Crippen LogP contribution is 2.40. The summed E-state index contributed by atoms with van der Waals surface area (Å²) in [5, 5.41) is 111. The van der Waals surface area contributed by atoms with E-state index >= 15 is 0 Å². The van der Waals surface area contributed by atoms with Gasteiger partial charge >= 0.3 is 0 Å². The quantitative estimate of drug-likeness (QED) is 0.119. The predicted molar refractivity (Wildman–Crippen MR) is 142 cm³/mol. The van der Waals surface area contributed by atoms with Crippen LogP contribution >= 0.6 is 0 Å². The molecule has 1 aromatic heterocycles. The van der Waals surface area contributed by atoms with Crippen molar-refractivity contribution >= 4 is 11.0 Å². The van der Waals surface area contributed by atoms with E-state index in [1.54, 1.807) is 0 Å². The van der Waals surface area contributed by atoms with E-state index in [0.717, 1.165) is 24.3 Å². The highest BCUT2D eigenvalue weighted by molar-refractivity contribution is 5.88. The van der Waals surface area contributed by atoms with Crippen LogP contribution in [0.25, 0.3) is 22.3 Å². The van der Waals surface area contributed by atoms with E-state index in [1.165, 1.54) is 6.07 Å². The highest BCUT2D eigenvalue weighted by atomic mass is 16.8. The van der Waals surface area contributed by atoms with Crippen LogP contribution in [0.4, 0.5) is 0 Å². The summed E-state index contributed by atoms with van der Waals surface area (Å²) < 4.78 is 28.1. The number of aliphatic hydroxyl groups is 7. The third-order valence-corrected chi connectivity index (χ3v) is 7.35. The Kier molecular flexibility index (Phi) is 8.87. The molecule has 0 saturated carbocycles. The first-order valence-corrected chi connectivity index (χ1v) is 13.2. The van der Waals surface area contributed by atoms with Crippen molar-refractivity contribution in [2.75, 3.05) is 13.2 Å². The zero-order chi connectivity index (χ0) is 32.0. The summed E-state index contributed by atoms with van der Waals surface area (Å²) in [4.78, 5) is 13.7. The maximum absolute atomic E-state index is 13.7. The molecule has 44 heavy (non-hydrogen) atoms. The van der Waals surface area contributed by atoms with Crippen LogP contribution < -0.4 is 10.2 Å². The largest absolute Gasteiger partial charge is 0.508 e. The number of rotatable bonds is 7. The Labute approximate surface area is 246 Å². The van der Waals surface area contributed by atoms with Gasteiger partial charge in [0, 0.05) is 17.7 Å². The van der Waals surface area contributed by atoms with Gasteiger partial charge in [-0.2, -0.15) is 0 Å². The van der Waals surface area contributed by atoms with Crippen LogP contribution in [0.3, 0.4) is 0 Å². The Morgan fingerprint density at radius 1 is 0.705 bits per heavy atom. The van der Waals surface area contributed by atoms with Gasteiger partial charge < -0.3 is 79.5 Å². The summed E-state index contributed by atoms with van der Waals surface area (Å²) in [6.07, 6.45) is -18.0. The predicted octanol–water partition coefficient (Wildman–Crippen LogP) is -2.71. The highest BCUT2D eigenvalue weighted by Gasteiger charge is 2.51. The normalized spacial score (nSPS) is 32.5. The van der Waals surface area contributed by atoms with Crippen molar-refractivity contribution in [3.8, 4) is 40.1 Å². The van der Waals surface area contributed by atoms with Crippen LogP contribution in [-0.2, 0) is 14.2 Å². The van der Waals surface area contributed by atoms with E-state index in [2.05, 4.69) is 0 Å². The van der Waals surface area contributed by atoms with Gasteiger partial charge in [0.25, 0.3) is 0 Å². The van der Waals surface area contributed by atoms with Gasteiger partial charge in [0.15, 0.2) is 29.7 Å². The van der Waals surface area contributed by atoms with Gasteiger partial charge in [-0.3, -0.25) is 4.79 Å². The molecule has 3 heterocycles. The summed E-state index contributed by atoms with van der Waals surface area (Å²) in [6.45, 7) is -1.68. The van der Waals surface area contributed by atoms with Crippen LogP contribution in [0, 0.1) is 0 Å². The molecule has 3 aromatic rings. The maximum atomic E-state index is 13.7. The third kappa shape index (κ3) is 5.61. The second-order valence-electron chi connectivity index (χ2n) is 10.3. The number of hydrogen-bond donors (Lipinski definition) is 11. The average Bonchev–Trinajstić information content (AvgIpc) is 2.98. The maximum Gasteiger partial charge on any atom is 0.239 e. The number of phenols is 4. The number of hydrogen-bond acceptors (Lipinski definition) is 17. The number of ether oxygens (including phenoxy) is 4. The van der Waals surface area contributed by atoms with E-state index in [9.17, 15) is 61.0 Å². The average molecular weight is 627 g/mol. The Hall–Kier alpha value is -3.75. The molecule has 17 nitrogen and oxygen atoms in total. The fourth-order valence-electron chi connectivity index (χ4n) is 4.98. The second kappa shape index (κ2) is 12.3. The topological polar surface area (TPSA) is 290 Å². The standard InChI is InChI=1S/C27H30O17/c28-6-14-17(34)20(37)22(39)26(41-14)44-25-21(38)18(35)15(7-29)42-27(25)43-24-19(36)16-12(33)4-9(30)5-13(16)40-23(24)8-1-2-10(31)11(32)3-8/h1-5,14-15,17-18,20-22,25-35,37-39H,6-7H2/t14-,15-,17-,18-,20+,21+,22-,25-,26+,27+/m1/s1. The fraction of sp³-hybridized carbons (Fsp3) is 0.444. The molecule has 2 saturated heterocycles. The molecule has 2 aliphatic heterocycles. The molecule has 5 rings (SSSR count). The van der Waals surface area contributed by atoms with E-state index in [-0.39, 0.29) is 11.1 Å². The first kappa shape index (κ1) is 31.7. The summed E-state index contributed by atoms with van der Waals surface area (Å²) in [6, 6.07) is 5.12. The summed E-state index contributed by atoms with van der Waals surface area (Å²) in [5.74, 6) is -3.54. The number of aliphatic hydroxyl groups excluding tert-OH is 7. The van der Waals surface area contributed by atoms with Gasteiger partial charge in [-0.05, 0) is 18.2 Å². The minimum atomic E-state index is -1.97. The molecule has 0 radical (unpaired) electrons. The Bertz CT molecular complexity index is 1560. The molecule has 0 aliphatic carbocycles. The SMILES string of the molecule is O=c1c(O[C@@H]2O[C@H](CO)[C@@H](O)[C@H](O)[C@H]2O[C@@H]2O[C@H](CO)[C@@H](O)[C@H](O)[C@H]2O)c(-c2ccc(O)c(O)c2)oc2cc(O)cc(O)c12. The molecule has 11 N–H and O–H groups in total. The minimum Gasteiger partial charge on any atom is -0.508 e. The Morgan fingerprint density at radius 2 is 1.34 bits per heavy atom. The van der Waals surface area contributed by atoms with Crippen LogP contribution in [0.2, 0.25) is 0 Å². The van der Waals surface area contributed by atoms with Crippen molar-refractivity contribution < 1.29 is 79.5 Å². The molecular weight excluding hydrogens is 596 g/mol. The van der Waals surface area contributed by atoms with E-state index < -0.39 is 120 Å². The van der Waals surface area contributed by atoms with Gasteiger partial charge in [0.05, 0.1) is 13.2 Å². The summed E-state index contributed by atoms with van der Waals surface area (Å²) in [5.41, 5.74) is -1.47. The van der Waals surface area contributed by atoms with Crippen molar-refractivity contribution in [2.24, 2.45) is 0 Å². The number of aromatic hydroxyl groups is 4. The van der Waals surface area contributed by atoms with Gasteiger partial charge in [-0.15, -0.1) is 0 Å². The first-order valence-electron chi connectivity index (χ1n) is 13.2. The second-order valence-corrected chi connectivity index (χ2v) is 10.3. The van der Waals surface area contributed by atoms with Crippen molar-refractivity contribution in [1.29, 1.82) is 0 Å². The fourth-order valence-corrected chi connectivity index (χ4v) is 4.98. The smallest absolute Gasteiger partial charge is 0.239 e. The number of fused-ring (bicyclic) bond motifs is 1. The van der Waals surface area contributed by atoms with E-state index in [0.29, 0.717) is 0 Å². The lowest BCUT2D eigenvalue weighted by Gasteiger charge is -2.45. The Morgan fingerprint density at radius 3 is 1.98 bits per heavy atom. The van der Waals surface area contributed by atoms with Crippen LogP contribution in [0.15, 0.2) is 39.5 Å². The molecule has 10 atom stereocenters. The minimum absolute atomic E-state index is 0.0707. The van der Waals surface area contributed by atoms with E-state index in [4.69, 9.17) is 23.4 Å². The van der Waals surface area contributed by atoms with Gasteiger partial charge in [-0.25, -0.2) is 0 Å². The van der Waals surface area contributed by atoms with Gasteiger partial charge in [0.1, 0.15) is 65.2 Å². The number of phenolic OH excluding ortho intramolecular Hbond substituents is 4. The zero-order valence-corrected chi connectivity index (χ0v) is 22.4. The van der Waals surface area contributed by atoms with Crippen molar-refractivity contribution in [3.05, 3.63) is 40.6 Å². The van der Waals surface area contributed by atoms with Gasteiger partial charge in [0.2, 0.25) is 17.5 Å². The molecule has 0 spiro atoms.